The number of likely N-dealkylation sites (tertiary alicyclic amines) is 1. The van der Waals surface area contributed by atoms with Gasteiger partial charge in [0.2, 0.25) is 0 Å². The standard InChI is InChI=1S/C13H19NO/c1-11(15)13-7-8-14(10-13)9-12-5-3-2-4-6-12/h2-6,11,13,15H,7-10H2,1H3/t11-,13-/m0/s1. The zero-order chi connectivity index (χ0) is 10.7. The fraction of sp³-hybridized carbons (Fsp3) is 0.538. The monoisotopic (exact) mass is 205 g/mol. The quantitative estimate of drug-likeness (QED) is 0.814. The third kappa shape index (κ3) is 2.80. The van der Waals surface area contributed by atoms with Gasteiger partial charge in [0, 0.05) is 13.1 Å². The summed E-state index contributed by atoms with van der Waals surface area (Å²) in [6.45, 7) is 5.07. The van der Waals surface area contributed by atoms with Gasteiger partial charge >= 0.3 is 0 Å². The van der Waals surface area contributed by atoms with E-state index in [2.05, 4.69) is 29.2 Å². The average Bonchev–Trinajstić information content (AvgIpc) is 2.68. The smallest absolute Gasteiger partial charge is 0.0552 e. The Bertz CT molecular complexity index is 297. The van der Waals surface area contributed by atoms with Crippen LogP contribution >= 0.6 is 0 Å². The molecule has 1 heterocycles. The number of hydrogen-bond donors (Lipinski definition) is 1. The van der Waals surface area contributed by atoms with Crippen molar-refractivity contribution >= 4 is 0 Å². The Balaban J connectivity index is 1.88. The molecular formula is C13H19NO. The predicted octanol–water partition coefficient (Wildman–Crippen LogP) is 1.89. The van der Waals surface area contributed by atoms with Crippen molar-refractivity contribution in [2.45, 2.75) is 26.0 Å². The molecule has 0 aromatic heterocycles. The summed E-state index contributed by atoms with van der Waals surface area (Å²) in [6, 6.07) is 10.5. The van der Waals surface area contributed by atoms with E-state index in [0.29, 0.717) is 5.92 Å². The van der Waals surface area contributed by atoms with Gasteiger partial charge in [0.1, 0.15) is 0 Å². The lowest BCUT2D eigenvalue weighted by Gasteiger charge is -2.17. The molecule has 0 aliphatic carbocycles. The Hall–Kier alpha value is -0.860. The van der Waals surface area contributed by atoms with Gasteiger partial charge in [0.25, 0.3) is 0 Å². The first-order chi connectivity index (χ1) is 7.25. The van der Waals surface area contributed by atoms with E-state index in [-0.39, 0.29) is 6.10 Å². The lowest BCUT2D eigenvalue weighted by Crippen LogP contribution is -2.23. The van der Waals surface area contributed by atoms with Crippen LogP contribution < -0.4 is 0 Å². The first-order valence-electron chi connectivity index (χ1n) is 5.70. The van der Waals surface area contributed by atoms with Gasteiger partial charge in [0.15, 0.2) is 0 Å². The van der Waals surface area contributed by atoms with E-state index in [4.69, 9.17) is 0 Å². The highest BCUT2D eigenvalue weighted by Gasteiger charge is 2.25. The maximum atomic E-state index is 9.51. The molecule has 82 valence electrons. The van der Waals surface area contributed by atoms with Crippen LogP contribution in [0.1, 0.15) is 18.9 Å². The molecule has 1 N–H and O–H groups in total. The summed E-state index contributed by atoms with van der Waals surface area (Å²) in [6.07, 6.45) is 0.968. The highest BCUT2D eigenvalue weighted by molar-refractivity contribution is 5.14. The molecule has 1 aliphatic heterocycles. The van der Waals surface area contributed by atoms with Crippen LogP contribution in [0.4, 0.5) is 0 Å². The van der Waals surface area contributed by atoms with Crippen LogP contribution in [0.15, 0.2) is 30.3 Å². The molecule has 0 bridgehead atoms. The van der Waals surface area contributed by atoms with Crippen LogP contribution in [0.5, 0.6) is 0 Å². The SMILES string of the molecule is C[C@H](O)[C@H]1CCN(Cc2ccccc2)C1. The second-order valence-corrected chi connectivity index (χ2v) is 4.51. The molecule has 0 spiro atoms. The molecule has 15 heavy (non-hydrogen) atoms. The number of aliphatic hydroxyl groups is 1. The summed E-state index contributed by atoms with van der Waals surface area (Å²) >= 11 is 0. The van der Waals surface area contributed by atoms with Gasteiger partial charge in [-0.2, -0.15) is 0 Å². The van der Waals surface area contributed by atoms with E-state index in [0.717, 1.165) is 26.1 Å². The molecular weight excluding hydrogens is 186 g/mol. The Morgan fingerprint density at radius 3 is 2.73 bits per heavy atom. The van der Waals surface area contributed by atoms with Gasteiger partial charge in [-0.1, -0.05) is 30.3 Å². The van der Waals surface area contributed by atoms with Crippen LogP contribution in [0.2, 0.25) is 0 Å². The average molecular weight is 205 g/mol. The molecule has 1 aromatic rings. The van der Waals surface area contributed by atoms with Crippen molar-refractivity contribution < 1.29 is 5.11 Å². The van der Waals surface area contributed by atoms with Crippen molar-refractivity contribution in [3.8, 4) is 0 Å². The first-order valence-corrected chi connectivity index (χ1v) is 5.70. The molecule has 0 unspecified atom stereocenters. The molecule has 1 fully saturated rings. The van der Waals surface area contributed by atoms with Crippen LogP contribution in [0, 0.1) is 5.92 Å². The number of hydrogen-bond acceptors (Lipinski definition) is 2. The normalized spacial score (nSPS) is 24.3. The highest BCUT2D eigenvalue weighted by Crippen LogP contribution is 2.21. The Morgan fingerprint density at radius 2 is 2.13 bits per heavy atom. The van der Waals surface area contributed by atoms with E-state index in [1.165, 1.54) is 5.56 Å². The van der Waals surface area contributed by atoms with Crippen molar-refractivity contribution in [3.63, 3.8) is 0 Å². The molecule has 0 amide bonds. The van der Waals surface area contributed by atoms with Gasteiger partial charge in [-0.3, -0.25) is 4.90 Å². The van der Waals surface area contributed by atoms with Gasteiger partial charge in [-0.05, 0) is 31.4 Å². The Morgan fingerprint density at radius 1 is 1.40 bits per heavy atom. The van der Waals surface area contributed by atoms with Crippen molar-refractivity contribution in [1.82, 2.24) is 4.90 Å². The maximum absolute atomic E-state index is 9.51. The summed E-state index contributed by atoms with van der Waals surface area (Å²) in [4.78, 5) is 2.42. The van der Waals surface area contributed by atoms with Gasteiger partial charge in [-0.15, -0.1) is 0 Å². The number of aliphatic hydroxyl groups excluding tert-OH is 1. The summed E-state index contributed by atoms with van der Waals surface area (Å²) < 4.78 is 0. The zero-order valence-electron chi connectivity index (χ0n) is 9.26. The maximum Gasteiger partial charge on any atom is 0.0552 e. The van der Waals surface area contributed by atoms with Crippen molar-refractivity contribution in [2.75, 3.05) is 13.1 Å². The molecule has 1 saturated heterocycles. The fourth-order valence-electron chi connectivity index (χ4n) is 2.24. The minimum absolute atomic E-state index is 0.161. The summed E-state index contributed by atoms with van der Waals surface area (Å²) in [5.41, 5.74) is 1.36. The molecule has 1 aromatic carbocycles. The molecule has 2 nitrogen and oxygen atoms in total. The van der Waals surface area contributed by atoms with Gasteiger partial charge in [-0.25, -0.2) is 0 Å². The van der Waals surface area contributed by atoms with Crippen LogP contribution in [0.25, 0.3) is 0 Å². The summed E-state index contributed by atoms with van der Waals surface area (Å²) in [7, 11) is 0. The lowest BCUT2D eigenvalue weighted by molar-refractivity contribution is 0.127. The van der Waals surface area contributed by atoms with Gasteiger partial charge < -0.3 is 5.11 Å². The Kier molecular flexibility index (Phi) is 3.39. The molecule has 2 atom stereocenters. The van der Waals surface area contributed by atoms with Crippen molar-refractivity contribution in [2.24, 2.45) is 5.92 Å². The highest BCUT2D eigenvalue weighted by atomic mass is 16.3. The Labute approximate surface area is 91.5 Å². The summed E-state index contributed by atoms with van der Waals surface area (Å²) in [5.74, 6) is 0.466. The largest absolute Gasteiger partial charge is 0.393 e. The molecule has 2 rings (SSSR count). The summed E-state index contributed by atoms with van der Waals surface area (Å²) in [5, 5.41) is 9.51. The molecule has 2 heteroatoms. The number of nitrogens with zero attached hydrogens (tertiary/aromatic N) is 1. The molecule has 1 aliphatic rings. The van der Waals surface area contributed by atoms with Crippen molar-refractivity contribution in [1.29, 1.82) is 0 Å². The predicted molar refractivity (Wildman–Crippen MR) is 61.5 cm³/mol. The second-order valence-electron chi connectivity index (χ2n) is 4.51. The zero-order valence-corrected chi connectivity index (χ0v) is 9.26. The van der Waals surface area contributed by atoms with E-state index < -0.39 is 0 Å². The fourth-order valence-corrected chi connectivity index (χ4v) is 2.24. The number of rotatable bonds is 3. The second kappa shape index (κ2) is 4.77. The minimum Gasteiger partial charge on any atom is -0.393 e. The molecule has 0 saturated carbocycles. The van der Waals surface area contributed by atoms with Crippen LogP contribution in [-0.2, 0) is 6.54 Å². The third-order valence-electron chi connectivity index (χ3n) is 3.24. The van der Waals surface area contributed by atoms with E-state index in [1.807, 2.05) is 13.0 Å². The number of benzene rings is 1. The van der Waals surface area contributed by atoms with E-state index >= 15 is 0 Å². The van der Waals surface area contributed by atoms with E-state index in [9.17, 15) is 5.11 Å². The molecule has 0 radical (unpaired) electrons. The topological polar surface area (TPSA) is 23.5 Å². The van der Waals surface area contributed by atoms with Crippen LogP contribution in [-0.4, -0.2) is 29.2 Å². The van der Waals surface area contributed by atoms with Gasteiger partial charge in [0.05, 0.1) is 6.10 Å². The van der Waals surface area contributed by atoms with Crippen LogP contribution in [0.3, 0.4) is 0 Å². The minimum atomic E-state index is -0.161. The first kappa shape index (κ1) is 10.7. The third-order valence-corrected chi connectivity index (χ3v) is 3.24. The van der Waals surface area contributed by atoms with Crippen molar-refractivity contribution in [3.05, 3.63) is 35.9 Å². The van der Waals surface area contributed by atoms with E-state index in [1.54, 1.807) is 0 Å². The lowest BCUT2D eigenvalue weighted by atomic mass is 10.0.